The molecule has 2 heterocycles. The molecule has 0 fully saturated rings. The van der Waals surface area contributed by atoms with Gasteiger partial charge in [-0.3, -0.25) is 10.1 Å². The van der Waals surface area contributed by atoms with Crippen LogP contribution in [0.4, 0.5) is 13.2 Å². The highest BCUT2D eigenvalue weighted by atomic mass is 19.4. The summed E-state index contributed by atoms with van der Waals surface area (Å²) in [4.78, 5) is 14.9. The van der Waals surface area contributed by atoms with E-state index in [1.54, 1.807) is 43.6 Å². The quantitative estimate of drug-likeness (QED) is 0.379. The van der Waals surface area contributed by atoms with Crippen LogP contribution >= 0.6 is 0 Å². The number of pyridine rings is 1. The second-order valence-electron chi connectivity index (χ2n) is 7.25. The largest absolute Gasteiger partial charge is 0.573 e. The number of H-pyrrole nitrogens is 1. The van der Waals surface area contributed by atoms with Crippen molar-refractivity contribution in [1.82, 2.24) is 15.2 Å². The van der Waals surface area contributed by atoms with Crippen molar-refractivity contribution in [2.24, 2.45) is 0 Å². The van der Waals surface area contributed by atoms with E-state index in [0.29, 0.717) is 39.2 Å². The molecule has 11 heteroatoms. The standard InChI is InChI=1S/C23H18F3N3O5/c1-13-10-16(6-7-19(13)32-12-20(30)31)33-22(21-17-11-27-9-8-18(17)28-29-21)14-2-4-15(5-3-14)34-23(24,25)26/h2-11,22H,12H2,1H3,(H,28,29)(H,30,31). The molecule has 2 aromatic carbocycles. The van der Waals surface area contributed by atoms with E-state index in [0.717, 1.165) is 0 Å². The van der Waals surface area contributed by atoms with Crippen LogP contribution in [-0.4, -0.2) is 39.2 Å². The van der Waals surface area contributed by atoms with Crippen LogP contribution in [0.25, 0.3) is 10.9 Å². The number of carboxylic acids is 1. The Kier molecular flexibility index (Phi) is 6.26. The Morgan fingerprint density at radius 1 is 1.12 bits per heavy atom. The second kappa shape index (κ2) is 9.30. The summed E-state index contributed by atoms with van der Waals surface area (Å²) in [6, 6.07) is 11.9. The first-order valence-electron chi connectivity index (χ1n) is 9.95. The average molecular weight is 473 g/mol. The molecule has 176 valence electrons. The highest BCUT2D eigenvalue weighted by Gasteiger charge is 2.31. The van der Waals surface area contributed by atoms with Gasteiger partial charge in [0.1, 0.15) is 22.9 Å². The number of hydrogen-bond acceptors (Lipinski definition) is 6. The number of ether oxygens (including phenoxy) is 3. The number of nitrogens with zero attached hydrogens (tertiary/aromatic N) is 2. The smallest absolute Gasteiger partial charge is 0.482 e. The van der Waals surface area contributed by atoms with E-state index in [2.05, 4.69) is 19.9 Å². The molecule has 0 spiro atoms. The molecule has 34 heavy (non-hydrogen) atoms. The van der Waals surface area contributed by atoms with Gasteiger partial charge in [0.25, 0.3) is 0 Å². The molecule has 0 bridgehead atoms. The van der Waals surface area contributed by atoms with Gasteiger partial charge in [-0.05, 0) is 54.4 Å². The van der Waals surface area contributed by atoms with Crippen LogP contribution in [0.3, 0.4) is 0 Å². The number of carboxylic acid groups (broad SMARTS) is 1. The van der Waals surface area contributed by atoms with Crippen LogP contribution in [0.2, 0.25) is 0 Å². The SMILES string of the molecule is Cc1cc(OC(c2ccc(OC(F)(F)F)cc2)c2n[nH]c3ccncc23)ccc1OCC(=O)O. The molecule has 4 aromatic rings. The van der Waals surface area contributed by atoms with Crippen molar-refractivity contribution in [1.29, 1.82) is 0 Å². The van der Waals surface area contributed by atoms with E-state index in [1.165, 1.54) is 24.3 Å². The van der Waals surface area contributed by atoms with Crippen molar-refractivity contribution >= 4 is 16.9 Å². The summed E-state index contributed by atoms with van der Waals surface area (Å²) < 4.78 is 53.0. The Morgan fingerprint density at radius 2 is 1.85 bits per heavy atom. The van der Waals surface area contributed by atoms with Gasteiger partial charge < -0.3 is 19.3 Å². The topological polar surface area (TPSA) is 107 Å². The van der Waals surface area contributed by atoms with E-state index in [1.807, 2.05) is 0 Å². The molecular weight excluding hydrogens is 455 g/mol. The predicted molar refractivity (Wildman–Crippen MR) is 114 cm³/mol. The van der Waals surface area contributed by atoms with E-state index in [9.17, 15) is 18.0 Å². The Bertz CT molecular complexity index is 1310. The van der Waals surface area contributed by atoms with E-state index < -0.39 is 25.0 Å². The zero-order valence-corrected chi connectivity index (χ0v) is 17.7. The molecule has 1 atom stereocenters. The summed E-state index contributed by atoms with van der Waals surface area (Å²) >= 11 is 0. The fourth-order valence-electron chi connectivity index (χ4n) is 3.34. The van der Waals surface area contributed by atoms with E-state index in [4.69, 9.17) is 14.6 Å². The highest BCUT2D eigenvalue weighted by Crippen LogP contribution is 2.34. The molecule has 0 saturated heterocycles. The van der Waals surface area contributed by atoms with Gasteiger partial charge in [-0.2, -0.15) is 5.10 Å². The molecule has 0 radical (unpaired) electrons. The Balaban J connectivity index is 1.68. The number of aromatic nitrogens is 3. The normalized spacial score (nSPS) is 12.4. The number of fused-ring (bicyclic) bond motifs is 1. The van der Waals surface area contributed by atoms with Gasteiger partial charge >= 0.3 is 12.3 Å². The first-order valence-corrected chi connectivity index (χ1v) is 9.95. The van der Waals surface area contributed by atoms with Crippen LogP contribution in [0.1, 0.15) is 22.9 Å². The summed E-state index contributed by atoms with van der Waals surface area (Å²) in [5.41, 5.74) is 2.36. The number of aromatic amines is 1. The van der Waals surface area contributed by atoms with Gasteiger partial charge in [-0.1, -0.05) is 12.1 Å². The third kappa shape index (κ3) is 5.37. The summed E-state index contributed by atoms with van der Waals surface area (Å²) in [5, 5.41) is 16.7. The first-order chi connectivity index (χ1) is 16.2. The van der Waals surface area contributed by atoms with Gasteiger partial charge in [0.05, 0.1) is 5.52 Å². The summed E-state index contributed by atoms with van der Waals surface area (Å²) in [7, 11) is 0. The minimum absolute atomic E-state index is 0.362. The molecule has 0 aliphatic carbocycles. The number of aryl methyl sites for hydroxylation is 1. The molecule has 2 aromatic heterocycles. The molecular formula is C23H18F3N3O5. The van der Waals surface area contributed by atoms with Crippen LogP contribution in [0.15, 0.2) is 60.9 Å². The summed E-state index contributed by atoms with van der Waals surface area (Å²) in [6.45, 7) is 1.25. The average Bonchev–Trinajstić information content (AvgIpc) is 3.20. The highest BCUT2D eigenvalue weighted by molar-refractivity contribution is 5.81. The number of halogens is 3. The predicted octanol–water partition coefficient (Wildman–Crippen LogP) is 4.80. The van der Waals surface area contributed by atoms with Gasteiger partial charge in [0.15, 0.2) is 12.7 Å². The minimum Gasteiger partial charge on any atom is -0.482 e. The Morgan fingerprint density at radius 3 is 2.53 bits per heavy atom. The van der Waals surface area contributed by atoms with Crippen molar-refractivity contribution in [3.8, 4) is 17.2 Å². The zero-order chi connectivity index (χ0) is 24.3. The van der Waals surface area contributed by atoms with Gasteiger partial charge in [-0.25, -0.2) is 4.79 Å². The lowest BCUT2D eigenvalue weighted by molar-refractivity contribution is -0.274. The Labute approximate surface area is 190 Å². The summed E-state index contributed by atoms with van der Waals surface area (Å²) in [6.07, 6.45) is -2.39. The lowest BCUT2D eigenvalue weighted by atomic mass is 10.0. The number of aliphatic carboxylic acids is 1. The maximum atomic E-state index is 12.5. The molecule has 8 nitrogen and oxygen atoms in total. The maximum absolute atomic E-state index is 12.5. The minimum atomic E-state index is -4.80. The molecule has 0 saturated carbocycles. The van der Waals surface area contributed by atoms with Crippen LogP contribution in [0.5, 0.6) is 17.2 Å². The van der Waals surface area contributed by atoms with Gasteiger partial charge in [0, 0.05) is 17.8 Å². The number of nitrogens with one attached hydrogen (secondary N) is 1. The molecule has 0 amide bonds. The van der Waals surface area contributed by atoms with Crippen molar-refractivity contribution in [2.45, 2.75) is 19.4 Å². The van der Waals surface area contributed by atoms with Crippen molar-refractivity contribution < 1.29 is 37.3 Å². The first kappa shape index (κ1) is 22.9. The van der Waals surface area contributed by atoms with Crippen LogP contribution < -0.4 is 14.2 Å². The summed E-state index contributed by atoms with van der Waals surface area (Å²) in [5.74, 6) is -0.661. The molecule has 2 N–H and O–H groups in total. The van der Waals surface area contributed by atoms with Crippen LogP contribution in [-0.2, 0) is 4.79 Å². The third-order valence-electron chi connectivity index (χ3n) is 4.81. The van der Waals surface area contributed by atoms with E-state index >= 15 is 0 Å². The number of hydrogen-bond donors (Lipinski definition) is 2. The molecule has 1 unspecified atom stereocenters. The maximum Gasteiger partial charge on any atom is 0.573 e. The third-order valence-corrected chi connectivity index (χ3v) is 4.81. The van der Waals surface area contributed by atoms with Crippen molar-refractivity contribution in [3.05, 3.63) is 77.7 Å². The number of benzene rings is 2. The Hall–Kier alpha value is -4.28. The van der Waals surface area contributed by atoms with Crippen molar-refractivity contribution in [3.63, 3.8) is 0 Å². The van der Waals surface area contributed by atoms with Gasteiger partial charge in [0.2, 0.25) is 0 Å². The zero-order valence-electron chi connectivity index (χ0n) is 17.7. The monoisotopic (exact) mass is 473 g/mol. The second-order valence-corrected chi connectivity index (χ2v) is 7.25. The molecule has 0 aliphatic heterocycles. The van der Waals surface area contributed by atoms with Crippen molar-refractivity contribution in [2.75, 3.05) is 6.61 Å². The van der Waals surface area contributed by atoms with Gasteiger partial charge in [-0.15, -0.1) is 13.2 Å². The fraction of sp³-hybridized carbons (Fsp3) is 0.174. The lowest BCUT2D eigenvalue weighted by Gasteiger charge is -2.20. The number of carbonyl (C=O) groups is 1. The molecule has 0 aliphatic rings. The fourth-order valence-corrected chi connectivity index (χ4v) is 3.34. The number of alkyl halides is 3. The molecule has 4 rings (SSSR count). The van der Waals surface area contributed by atoms with E-state index in [-0.39, 0.29) is 5.75 Å². The lowest BCUT2D eigenvalue weighted by Crippen LogP contribution is -2.17. The van der Waals surface area contributed by atoms with Crippen LogP contribution in [0, 0.1) is 6.92 Å². The number of rotatable bonds is 8.